The van der Waals surface area contributed by atoms with Crippen molar-refractivity contribution in [2.24, 2.45) is 0 Å². The maximum absolute atomic E-state index is 12.9. The van der Waals surface area contributed by atoms with Gasteiger partial charge < -0.3 is 5.11 Å². The third kappa shape index (κ3) is 2.16. The molecular weight excluding hydrogens is 329 g/mol. The number of hydrogen-bond donors (Lipinski definition) is 1. The molecule has 7 heteroatoms. The molecule has 0 spiro atoms. The van der Waals surface area contributed by atoms with Gasteiger partial charge in [-0.25, -0.2) is 18.7 Å². The van der Waals surface area contributed by atoms with Gasteiger partial charge >= 0.3 is 5.97 Å². The minimum Gasteiger partial charge on any atom is -0.476 e. The molecule has 3 rings (SSSR count). The Labute approximate surface area is 120 Å². The van der Waals surface area contributed by atoms with Gasteiger partial charge in [0.1, 0.15) is 5.82 Å². The molecule has 0 aliphatic carbocycles. The van der Waals surface area contributed by atoms with Gasteiger partial charge in [0, 0.05) is 5.56 Å². The van der Waals surface area contributed by atoms with Crippen LogP contribution in [0.5, 0.6) is 0 Å². The lowest BCUT2D eigenvalue weighted by molar-refractivity contribution is 0.0691. The highest BCUT2D eigenvalue weighted by Crippen LogP contribution is 2.24. The van der Waals surface area contributed by atoms with Crippen molar-refractivity contribution in [1.82, 2.24) is 14.6 Å². The highest BCUT2D eigenvalue weighted by molar-refractivity contribution is 9.10. The van der Waals surface area contributed by atoms with Crippen LogP contribution in [0.2, 0.25) is 0 Å². The van der Waals surface area contributed by atoms with Gasteiger partial charge in [-0.1, -0.05) is 0 Å². The first-order valence-corrected chi connectivity index (χ1v) is 6.39. The molecule has 2 heterocycles. The van der Waals surface area contributed by atoms with E-state index in [0.717, 1.165) is 5.56 Å². The number of carboxylic acids is 1. The number of carboxylic acid groups (broad SMARTS) is 1. The zero-order valence-corrected chi connectivity index (χ0v) is 11.5. The number of aromatic nitrogens is 3. The van der Waals surface area contributed by atoms with Crippen molar-refractivity contribution in [2.75, 3.05) is 0 Å². The van der Waals surface area contributed by atoms with Crippen LogP contribution in [0, 0.1) is 5.82 Å². The van der Waals surface area contributed by atoms with Crippen molar-refractivity contribution < 1.29 is 14.3 Å². The molecule has 1 aromatic carbocycles. The van der Waals surface area contributed by atoms with E-state index >= 15 is 0 Å². The van der Waals surface area contributed by atoms with Gasteiger partial charge in [0.05, 0.1) is 16.4 Å². The molecule has 0 aliphatic rings. The number of aromatic carboxylic acids is 1. The van der Waals surface area contributed by atoms with Crippen molar-refractivity contribution in [2.45, 2.75) is 0 Å². The number of nitrogens with zero attached hydrogens (tertiary/aromatic N) is 3. The van der Waals surface area contributed by atoms with E-state index in [4.69, 9.17) is 5.11 Å². The summed E-state index contributed by atoms with van der Waals surface area (Å²) in [7, 11) is 0. The fraction of sp³-hybridized carbons (Fsp3) is 0. The largest absolute Gasteiger partial charge is 0.476 e. The van der Waals surface area contributed by atoms with Crippen LogP contribution in [-0.2, 0) is 0 Å². The fourth-order valence-corrected chi connectivity index (χ4v) is 2.29. The maximum Gasteiger partial charge on any atom is 0.356 e. The molecule has 20 heavy (non-hydrogen) atoms. The third-order valence-electron chi connectivity index (χ3n) is 2.74. The van der Waals surface area contributed by atoms with Gasteiger partial charge in [-0.2, -0.15) is 5.10 Å². The summed E-state index contributed by atoms with van der Waals surface area (Å²) in [6.07, 6.45) is 1.33. The molecule has 5 nitrogen and oxygen atoms in total. The summed E-state index contributed by atoms with van der Waals surface area (Å²) >= 11 is 3.33. The Bertz CT molecular complexity index is 814. The lowest BCUT2D eigenvalue weighted by Crippen LogP contribution is -1.95. The van der Waals surface area contributed by atoms with Crippen LogP contribution < -0.4 is 0 Å². The summed E-state index contributed by atoms with van der Waals surface area (Å²) in [5, 5.41) is 13.2. The van der Waals surface area contributed by atoms with Crippen LogP contribution in [0.3, 0.4) is 0 Å². The first-order valence-electron chi connectivity index (χ1n) is 5.60. The first-order chi connectivity index (χ1) is 9.54. The fourth-order valence-electron chi connectivity index (χ4n) is 1.80. The molecule has 0 radical (unpaired) electrons. The van der Waals surface area contributed by atoms with Gasteiger partial charge in [0.25, 0.3) is 0 Å². The molecule has 0 amide bonds. The zero-order valence-electron chi connectivity index (χ0n) is 9.92. The van der Waals surface area contributed by atoms with Crippen LogP contribution in [0.15, 0.2) is 41.0 Å². The molecule has 3 aromatic rings. The third-order valence-corrected chi connectivity index (χ3v) is 3.32. The minimum atomic E-state index is -1.12. The van der Waals surface area contributed by atoms with E-state index in [0.29, 0.717) is 15.8 Å². The molecule has 0 bridgehead atoms. The monoisotopic (exact) mass is 335 g/mol. The molecule has 0 atom stereocenters. The highest BCUT2D eigenvalue weighted by Gasteiger charge is 2.13. The van der Waals surface area contributed by atoms with E-state index in [-0.39, 0.29) is 11.5 Å². The Kier molecular flexibility index (Phi) is 2.98. The summed E-state index contributed by atoms with van der Waals surface area (Å²) in [5.41, 5.74) is 1.63. The summed E-state index contributed by atoms with van der Waals surface area (Å²) in [6, 6.07) is 7.59. The molecule has 100 valence electrons. The highest BCUT2D eigenvalue weighted by atomic mass is 79.9. The molecule has 0 fully saturated rings. The number of fused-ring (bicyclic) bond motifs is 1. The molecule has 0 saturated carbocycles. The SMILES string of the molecule is O=C(O)c1cn2nc(-c3ccc(F)cc3)cc(Br)c2n1. The topological polar surface area (TPSA) is 67.5 Å². The maximum atomic E-state index is 12.9. The standard InChI is InChI=1S/C13H7BrFN3O2/c14-9-5-10(7-1-3-8(15)4-2-7)17-18-6-11(13(19)20)16-12(9)18/h1-6H,(H,19,20). The van der Waals surface area contributed by atoms with E-state index in [2.05, 4.69) is 26.0 Å². The lowest BCUT2D eigenvalue weighted by Gasteiger charge is -2.03. The van der Waals surface area contributed by atoms with Crippen LogP contribution in [-0.4, -0.2) is 25.7 Å². The number of imidazole rings is 1. The molecule has 0 aliphatic heterocycles. The summed E-state index contributed by atoms with van der Waals surface area (Å²) in [4.78, 5) is 14.9. The zero-order chi connectivity index (χ0) is 14.3. The predicted octanol–water partition coefficient (Wildman–Crippen LogP) is 3.00. The van der Waals surface area contributed by atoms with Crippen molar-refractivity contribution >= 4 is 27.5 Å². The van der Waals surface area contributed by atoms with E-state index in [9.17, 15) is 9.18 Å². The average molecular weight is 336 g/mol. The second-order valence-electron chi connectivity index (χ2n) is 4.08. The number of hydrogen-bond acceptors (Lipinski definition) is 3. The van der Waals surface area contributed by atoms with Crippen LogP contribution >= 0.6 is 15.9 Å². The minimum absolute atomic E-state index is 0.0885. The van der Waals surface area contributed by atoms with E-state index in [1.165, 1.54) is 22.8 Å². The predicted molar refractivity (Wildman–Crippen MR) is 73.0 cm³/mol. The normalized spacial score (nSPS) is 10.9. The lowest BCUT2D eigenvalue weighted by atomic mass is 10.1. The Balaban J connectivity index is 2.18. The Morgan fingerprint density at radius 1 is 1.30 bits per heavy atom. The quantitative estimate of drug-likeness (QED) is 0.781. The van der Waals surface area contributed by atoms with E-state index < -0.39 is 5.97 Å². The number of halogens is 2. The van der Waals surface area contributed by atoms with Gasteiger partial charge in [-0.05, 0) is 46.3 Å². The van der Waals surface area contributed by atoms with E-state index in [1.54, 1.807) is 18.2 Å². The number of carbonyl (C=O) groups is 1. The molecule has 0 unspecified atom stereocenters. The van der Waals surface area contributed by atoms with Crippen molar-refractivity contribution in [3.05, 3.63) is 52.5 Å². The first kappa shape index (κ1) is 12.7. The Morgan fingerprint density at radius 2 is 2.00 bits per heavy atom. The van der Waals surface area contributed by atoms with Crippen LogP contribution in [0.25, 0.3) is 16.9 Å². The second-order valence-corrected chi connectivity index (χ2v) is 4.94. The van der Waals surface area contributed by atoms with Crippen LogP contribution in [0.1, 0.15) is 10.5 Å². The average Bonchev–Trinajstić information content (AvgIpc) is 2.84. The Morgan fingerprint density at radius 3 is 2.65 bits per heavy atom. The van der Waals surface area contributed by atoms with Gasteiger partial charge in [0.2, 0.25) is 0 Å². The Hall–Kier alpha value is -2.28. The summed E-state index contributed by atoms with van der Waals surface area (Å²) < 4.78 is 14.9. The second kappa shape index (κ2) is 4.68. The number of rotatable bonds is 2. The van der Waals surface area contributed by atoms with Crippen molar-refractivity contribution in [3.63, 3.8) is 0 Å². The molecule has 2 aromatic heterocycles. The molecule has 0 saturated heterocycles. The van der Waals surface area contributed by atoms with Gasteiger partial charge in [0.15, 0.2) is 11.3 Å². The van der Waals surface area contributed by atoms with Crippen molar-refractivity contribution in [1.29, 1.82) is 0 Å². The summed E-state index contributed by atoms with van der Waals surface area (Å²) in [5.74, 6) is -1.45. The van der Waals surface area contributed by atoms with Gasteiger partial charge in [-0.3, -0.25) is 0 Å². The van der Waals surface area contributed by atoms with Crippen molar-refractivity contribution in [3.8, 4) is 11.3 Å². The van der Waals surface area contributed by atoms with E-state index in [1.807, 2.05) is 0 Å². The van der Waals surface area contributed by atoms with Gasteiger partial charge in [-0.15, -0.1) is 0 Å². The summed E-state index contributed by atoms with van der Waals surface area (Å²) in [6.45, 7) is 0. The smallest absolute Gasteiger partial charge is 0.356 e. The molecular formula is C13H7BrFN3O2. The molecule has 1 N–H and O–H groups in total. The van der Waals surface area contributed by atoms with Crippen LogP contribution in [0.4, 0.5) is 4.39 Å². The number of benzene rings is 1.